The molecule has 168 valence electrons. The van der Waals surface area contributed by atoms with E-state index in [0.717, 1.165) is 22.0 Å². The predicted octanol–water partition coefficient (Wildman–Crippen LogP) is 4.37. The number of anilines is 1. The van der Waals surface area contributed by atoms with Gasteiger partial charge in [-0.2, -0.15) is 0 Å². The Hall–Kier alpha value is -3.24. The molecule has 10 heteroatoms. The minimum atomic E-state index is -0.628. The Kier molecular flexibility index (Phi) is 7.96. The molecule has 1 N–H and O–H groups in total. The number of aryl methyl sites for hydroxylation is 2. The SMILES string of the molecule is CCOC(=O)c1sc(NC(=O)COC(=O)c2ccc(OCc3csc(C)n3)cc2)cc1C. The summed E-state index contributed by atoms with van der Waals surface area (Å²) in [4.78, 5) is 40.9. The molecule has 0 aliphatic carbocycles. The molecule has 1 aromatic carbocycles. The van der Waals surface area contributed by atoms with Crippen LogP contribution in [0.4, 0.5) is 5.00 Å². The third-order valence-corrected chi connectivity index (χ3v) is 6.07. The zero-order chi connectivity index (χ0) is 23.1. The van der Waals surface area contributed by atoms with Crippen molar-refractivity contribution in [3.8, 4) is 5.75 Å². The van der Waals surface area contributed by atoms with E-state index in [2.05, 4.69) is 10.3 Å². The fourth-order valence-electron chi connectivity index (χ4n) is 2.65. The molecule has 0 spiro atoms. The number of rotatable bonds is 9. The first-order valence-corrected chi connectivity index (χ1v) is 11.4. The standard InChI is InChI=1S/C22H22N2O6S2/c1-4-28-22(27)20-13(2)9-19(32-20)24-18(25)11-30-21(26)15-5-7-17(8-6-15)29-10-16-12-31-14(3)23-16/h5-9,12H,4,10-11H2,1-3H3,(H,24,25). The number of hydrogen-bond donors (Lipinski definition) is 1. The fourth-order valence-corrected chi connectivity index (χ4v) is 4.23. The van der Waals surface area contributed by atoms with Gasteiger partial charge in [0, 0.05) is 5.38 Å². The van der Waals surface area contributed by atoms with Crippen molar-refractivity contribution in [2.45, 2.75) is 27.4 Å². The molecular weight excluding hydrogens is 452 g/mol. The zero-order valence-corrected chi connectivity index (χ0v) is 19.4. The molecule has 0 aliphatic rings. The smallest absolute Gasteiger partial charge is 0.348 e. The summed E-state index contributed by atoms with van der Waals surface area (Å²) in [5.41, 5.74) is 1.84. The number of thiophene rings is 1. The van der Waals surface area contributed by atoms with Gasteiger partial charge in [-0.25, -0.2) is 14.6 Å². The van der Waals surface area contributed by atoms with Crippen LogP contribution in [-0.4, -0.2) is 36.0 Å². The molecule has 2 aromatic heterocycles. The topological polar surface area (TPSA) is 104 Å². The third kappa shape index (κ3) is 6.38. The fraction of sp³-hybridized carbons (Fsp3) is 0.273. The van der Waals surface area contributed by atoms with Crippen molar-refractivity contribution in [1.29, 1.82) is 0 Å². The van der Waals surface area contributed by atoms with E-state index in [0.29, 0.717) is 33.4 Å². The Labute approximate surface area is 193 Å². The zero-order valence-electron chi connectivity index (χ0n) is 17.8. The van der Waals surface area contributed by atoms with Crippen LogP contribution < -0.4 is 10.1 Å². The molecule has 0 aliphatic heterocycles. The molecule has 0 unspecified atom stereocenters. The van der Waals surface area contributed by atoms with Crippen LogP contribution in [0.2, 0.25) is 0 Å². The number of amides is 1. The molecule has 0 saturated carbocycles. The predicted molar refractivity (Wildman–Crippen MR) is 122 cm³/mol. The van der Waals surface area contributed by atoms with Crippen LogP contribution in [0.3, 0.4) is 0 Å². The number of aromatic nitrogens is 1. The molecule has 0 bridgehead atoms. The van der Waals surface area contributed by atoms with Crippen molar-refractivity contribution in [3.63, 3.8) is 0 Å². The molecule has 0 fully saturated rings. The van der Waals surface area contributed by atoms with Gasteiger partial charge in [-0.3, -0.25) is 4.79 Å². The summed E-state index contributed by atoms with van der Waals surface area (Å²) in [6.45, 7) is 5.56. The number of nitrogens with one attached hydrogen (secondary N) is 1. The lowest BCUT2D eigenvalue weighted by Crippen LogP contribution is -2.20. The largest absolute Gasteiger partial charge is 0.487 e. The summed E-state index contributed by atoms with van der Waals surface area (Å²) in [6.07, 6.45) is 0. The van der Waals surface area contributed by atoms with E-state index in [1.54, 1.807) is 55.5 Å². The van der Waals surface area contributed by atoms with Crippen molar-refractivity contribution >= 4 is 45.5 Å². The first-order valence-electron chi connectivity index (χ1n) is 9.74. The van der Waals surface area contributed by atoms with E-state index in [4.69, 9.17) is 14.2 Å². The van der Waals surface area contributed by atoms with Crippen LogP contribution in [0.15, 0.2) is 35.7 Å². The normalized spacial score (nSPS) is 10.5. The van der Waals surface area contributed by atoms with Crippen LogP contribution in [0, 0.1) is 13.8 Å². The lowest BCUT2D eigenvalue weighted by molar-refractivity contribution is -0.119. The van der Waals surface area contributed by atoms with Crippen LogP contribution in [0.1, 0.15) is 43.2 Å². The minimum Gasteiger partial charge on any atom is -0.487 e. The van der Waals surface area contributed by atoms with Crippen molar-refractivity contribution in [1.82, 2.24) is 4.98 Å². The lowest BCUT2D eigenvalue weighted by Gasteiger charge is -2.07. The second-order valence-electron chi connectivity index (χ2n) is 6.64. The van der Waals surface area contributed by atoms with E-state index in [1.165, 1.54) is 0 Å². The first-order chi connectivity index (χ1) is 15.4. The average Bonchev–Trinajstić information content (AvgIpc) is 3.35. The highest BCUT2D eigenvalue weighted by molar-refractivity contribution is 7.18. The molecule has 8 nitrogen and oxygen atoms in total. The molecule has 2 heterocycles. The molecule has 3 rings (SSSR count). The molecular formula is C22H22N2O6S2. The van der Waals surface area contributed by atoms with Crippen LogP contribution in [0.25, 0.3) is 0 Å². The van der Waals surface area contributed by atoms with Gasteiger partial charge < -0.3 is 19.5 Å². The first kappa shape index (κ1) is 23.4. The van der Waals surface area contributed by atoms with Gasteiger partial charge in [0.1, 0.15) is 17.2 Å². The van der Waals surface area contributed by atoms with E-state index >= 15 is 0 Å². The Bertz CT molecular complexity index is 1100. The third-order valence-electron chi connectivity index (χ3n) is 4.12. The van der Waals surface area contributed by atoms with Crippen molar-refractivity contribution in [3.05, 3.63) is 62.4 Å². The second-order valence-corrected chi connectivity index (χ2v) is 8.75. The Morgan fingerprint density at radius 1 is 1.06 bits per heavy atom. The summed E-state index contributed by atoms with van der Waals surface area (Å²) in [5.74, 6) is -0.976. The number of thiazole rings is 1. The molecule has 0 saturated heterocycles. The number of ether oxygens (including phenoxy) is 3. The number of benzene rings is 1. The quantitative estimate of drug-likeness (QED) is 0.459. The van der Waals surface area contributed by atoms with E-state index < -0.39 is 24.5 Å². The molecule has 3 aromatic rings. The van der Waals surface area contributed by atoms with Gasteiger partial charge >= 0.3 is 11.9 Å². The van der Waals surface area contributed by atoms with Gasteiger partial charge in [0.15, 0.2) is 6.61 Å². The molecule has 0 radical (unpaired) electrons. The van der Waals surface area contributed by atoms with Gasteiger partial charge in [-0.05, 0) is 56.7 Å². The van der Waals surface area contributed by atoms with E-state index in [1.807, 2.05) is 12.3 Å². The highest BCUT2D eigenvalue weighted by Crippen LogP contribution is 2.27. The number of carbonyl (C=O) groups is 3. The summed E-state index contributed by atoms with van der Waals surface area (Å²) < 4.78 is 15.7. The molecule has 32 heavy (non-hydrogen) atoms. The Balaban J connectivity index is 1.47. The van der Waals surface area contributed by atoms with Crippen molar-refractivity contribution < 1.29 is 28.6 Å². The Morgan fingerprint density at radius 3 is 2.47 bits per heavy atom. The number of nitrogens with zero attached hydrogens (tertiary/aromatic N) is 1. The number of esters is 2. The summed E-state index contributed by atoms with van der Waals surface area (Å²) in [6, 6.07) is 8.11. The van der Waals surface area contributed by atoms with Crippen molar-refractivity contribution in [2.75, 3.05) is 18.5 Å². The summed E-state index contributed by atoms with van der Waals surface area (Å²) in [5, 5.41) is 6.00. The maximum absolute atomic E-state index is 12.2. The van der Waals surface area contributed by atoms with E-state index in [-0.39, 0.29) is 6.61 Å². The van der Waals surface area contributed by atoms with Gasteiger partial charge in [-0.15, -0.1) is 22.7 Å². The van der Waals surface area contributed by atoms with Crippen LogP contribution in [0.5, 0.6) is 5.75 Å². The number of carbonyl (C=O) groups excluding carboxylic acids is 3. The highest BCUT2D eigenvalue weighted by Gasteiger charge is 2.17. The van der Waals surface area contributed by atoms with Crippen LogP contribution >= 0.6 is 22.7 Å². The van der Waals surface area contributed by atoms with Gasteiger partial charge in [-0.1, -0.05) is 0 Å². The van der Waals surface area contributed by atoms with E-state index in [9.17, 15) is 14.4 Å². The second kappa shape index (κ2) is 10.9. The highest BCUT2D eigenvalue weighted by atomic mass is 32.1. The average molecular weight is 475 g/mol. The minimum absolute atomic E-state index is 0.270. The van der Waals surface area contributed by atoms with Gasteiger partial charge in [0.05, 0.1) is 27.9 Å². The lowest BCUT2D eigenvalue weighted by atomic mass is 10.2. The van der Waals surface area contributed by atoms with Gasteiger partial charge in [0.2, 0.25) is 0 Å². The maximum atomic E-state index is 12.2. The molecule has 0 atom stereocenters. The summed E-state index contributed by atoms with van der Waals surface area (Å²) >= 11 is 2.66. The summed E-state index contributed by atoms with van der Waals surface area (Å²) in [7, 11) is 0. The van der Waals surface area contributed by atoms with Gasteiger partial charge in [0.25, 0.3) is 5.91 Å². The Morgan fingerprint density at radius 2 is 1.81 bits per heavy atom. The monoisotopic (exact) mass is 474 g/mol. The number of hydrogen-bond acceptors (Lipinski definition) is 9. The van der Waals surface area contributed by atoms with Crippen molar-refractivity contribution in [2.24, 2.45) is 0 Å². The molecule has 1 amide bonds. The van der Waals surface area contributed by atoms with Crippen LogP contribution in [-0.2, 0) is 20.9 Å². The maximum Gasteiger partial charge on any atom is 0.348 e.